The molecule has 0 bridgehead atoms. The van der Waals surface area contributed by atoms with Crippen molar-refractivity contribution in [3.8, 4) is 11.4 Å². The Hall–Kier alpha value is -3.30. The molecule has 0 fully saturated rings. The minimum absolute atomic E-state index is 0.0632. The fourth-order valence-corrected chi connectivity index (χ4v) is 1.85. The summed E-state index contributed by atoms with van der Waals surface area (Å²) in [7, 11) is 1.78. The summed E-state index contributed by atoms with van der Waals surface area (Å²) in [6.07, 6.45) is 4.80. The summed E-state index contributed by atoms with van der Waals surface area (Å²) in [6, 6.07) is 2.84. The van der Waals surface area contributed by atoms with Crippen molar-refractivity contribution in [2.24, 2.45) is 7.05 Å². The molecule has 0 aliphatic carbocycles. The van der Waals surface area contributed by atoms with Crippen molar-refractivity contribution in [1.82, 2.24) is 35.0 Å². The largest absolute Gasteiger partial charge is 0.345 e. The topological polar surface area (TPSA) is 121 Å². The monoisotopic (exact) mass is 315 g/mol. The van der Waals surface area contributed by atoms with Crippen molar-refractivity contribution in [2.75, 3.05) is 0 Å². The molecule has 0 atom stereocenters. The number of hydrogen-bond donors (Lipinski definition) is 1. The van der Waals surface area contributed by atoms with Gasteiger partial charge in [0.1, 0.15) is 6.54 Å². The molecule has 0 saturated heterocycles. The highest BCUT2D eigenvalue weighted by Gasteiger charge is 2.11. The van der Waals surface area contributed by atoms with E-state index in [2.05, 4.69) is 25.7 Å². The maximum atomic E-state index is 11.8. The van der Waals surface area contributed by atoms with Gasteiger partial charge in [-0.05, 0) is 6.07 Å². The van der Waals surface area contributed by atoms with E-state index >= 15 is 0 Å². The Balaban J connectivity index is 1.58. The minimum Gasteiger partial charge on any atom is -0.345 e. The van der Waals surface area contributed by atoms with Gasteiger partial charge in [0.15, 0.2) is 0 Å². The van der Waals surface area contributed by atoms with Gasteiger partial charge in [0.05, 0.1) is 18.3 Å². The number of carbonyl (C=O) groups excluding carboxylic acids is 1. The number of amides is 1. The molecule has 0 aromatic carbocycles. The molecule has 1 amide bonds. The zero-order valence-electron chi connectivity index (χ0n) is 12.2. The van der Waals surface area contributed by atoms with Crippen LogP contribution in [0, 0.1) is 0 Å². The van der Waals surface area contributed by atoms with Crippen molar-refractivity contribution in [2.45, 2.75) is 13.1 Å². The van der Waals surface area contributed by atoms with Crippen LogP contribution in [-0.2, 0) is 24.9 Å². The van der Waals surface area contributed by atoms with Gasteiger partial charge in [-0.2, -0.15) is 15.2 Å². The third kappa shape index (κ3) is 3.48. The standard InChI is InChI=1S/C13H13N7O3/c1-19-7-9(5-16-19)13-17-11(23-18-13)6-14-10(21)8-20-12(22)3-2-4-15-20/h2-5,7H,6,8H2,1H3,(H,14,21). The van der Waals surface area contributed by atoms with Crippen LogP contribution >= 0.6 is 0 Å². The van der Waals surface area contributed by atoms with Crippen LogP contribution in [0.5, 0.6) is 0 Å². The average molecular weight is 315 g/mol. The van der Waals surface area contributed by atoms with Crippen molar-refractivity contribution >= 4 is 5.91 Å². The van der Waals surface area contributed by atoms with E-state index in [1.165, 1.54) is 18.3 Å². The lowest BCUT2D eigenvalue weighted by Gasteiger charge is -2.03. The number of rotatable bonds is 5. The van der Waals surface area contributed by atoms with Crippen molar-refractivity contribution < 1.29 is 9.32 Å². The van der Waals surface area contributed by atoms with Crippen LogP contribution in [-0.4, -0.2) is 35.6 Å². The lowest BCUT2D eigenvalue weighted by Crippen LogP contribution is -2.32. The van der Waals surface area contributed by atoms with Gasteiger partial charge in [-0.15, -0.1) is 0 Å². The molecule has 0 unspecified atom stereocenters. The zero-order chi connectivity index (χ0) is 16.2. The third-order valence-corrected chi connectivity index (χ3v) is 2.95. The summed E-state index contributed by atoms with van der Waals surface area (Å²) in [6.45, 7) is -0.114. The van der Waals surface area contributed by atoms with Crippen molar-refractivity contribution in [1.29, 1.82) is 0 Å². The van der Waals surface area contributed by atoms with E-state index in [1.807, 2.05) is 0 Å². The van der Waals surface area contributed by atoms with Crippen LogP contribution in [0.4, 0.5) is 0 Å². The highest BCUT2D eigenvalue weighted by molar-refractivity contribution is 5.75. The Labute approximate surface area is 129 Å². The number of nitrogens with zero attached hydrogens (tertiary/aromatic N) is 6. The quantitative estimate of drug-likeness (QED) is 0.663. The van der Waals surface area contributed by atoms with Crippen molar-refractivity contribution in [3.63, 3.8) is 0 Å². The maximum absolute atomic E-state index is 11.8. The minimum atomic E-state index is -0.382. The van der Waals surface area contributed by atoms with Gasteiger partial charge < -0.3 is 9.84 Å². The molecule has 0 saturated carbocycles. The lowest BCUT2D eigenvalue weighted by atomic mass is 10.3. The maximum Gasteiger partial charge on any atom is 0.267 e. The summed E-state index contributed by atoms with van der Waals surface area (Å²) >= 11 is 0. The number of aromatic nitrogens is 6. The first-order chi connectivity index (χ1) is 11.1. The summed E-state index contributed by atoms with van der Waals surface area (Å²) in [5, 5.41) is 14.2. The van der Waals surface area contributed by atoms with Gasteiger partial charge in [0.25, 0.3) is 5.56 Å². The highest BCUT2D eigenvalue weighted by atomic mass is 16.5. The second-order valence-corrected chi connectivity index (χ2v) is 4.71. The second-order valence-electron chi connectivity index (χ2n) is 4.71. The van der Waals surface area contributed by atoms with Crippen LogP contribution in [0.3, 0.4) is 0 Å². The summed E-state index contributed by atoms with van der Waals surface area (Å²) in [5.74, 6) is 0.265. The van der Waals surface area contributed by atoms with Crippen LogP contribution in [0.25, 0.3) is 11.4 Å². The van der Waals surface area contributed by atoms with E-state index in [4.69, 9.17) is 4.52 Å². The van der Waals surface area contributed by atoms with E-state index in [0.717, 1.165) is 4.68 Å². The number of carbonyl (C=O) groups is 1. The predicted molar refractivity (Wildman–Crippen MR) is 76.8 cm³/mol. The fourth-order valence-electron chi connectivity index (χ4n) is 1.85. The molecule has 3 rings (SSSR count). The van der Waals surface area contributed by atoms with E-state index in [1.54, 1.807) is 24.1 Å². The Morgan fingerprint density at radius 3 is 3.00 bits per heavy atom. The smallest absolute Gasteiger partial charge is 0.267 e. The van der Waals surface area contributed by atoms with Crippen molar-refractivity contribution in [3.05, 3.63) is 47.0 Å². The SMILES string of the molecule is Cn1cc(-c2noc(CNC(=O)Cn3ncccc3=O)n2)cn1. The Bertz CT molecular complexity index is 879. The van der Waals surface area contributed by atoms with E-state index < -0.39 is 0 Å². The van der Waals surface area contributed by atoms with Crippen LogP contribution in [0.1, 0.15) is 5.89 Å². The molecule has 3 heterocycles. The molecule has 10 nitrogen and oxygen atoms in total. The first-order valence-corrected chi connectivity index (χ1v) is 6.72. The number of hydrogen-bond acceptors (Lipinski definition) is 7. The molecule has 3 aromatic rings. The molecule has 23 heavy (non-hydrogen) atoms. The summed E-state index contributed by atoms with van der Waals surface area (Å²) in [4.78, 5) is 27.4. The Morgan fingerprint density at radius 2 is 2.26 bits per heavy atom. The summed E-state index contributed by atoms with van der Waals surface area (Å²) < 4.78 is 7.74. The molecular formula is C13H13N7O3. The van der Waals surface area contributed by atoms with Gasteiger partial charge >= 0.3 is 0 Å². The first-order valence-electron chi connectivity index (χ1n) is 6.72. The molecule has 3 aromatic heterocycles. The molecular weight excluding hydrogens is 302 g/mol. The van der Waals surface area contributed by atoms with E-state index in [9.17, 15) is 9.59 Å². The average Bonchev–Trinajstić information content (AvgIpc) is 3.16. The Kier molecular flexibility index (Phi) is 3.95. The molecule has 0 radical (unpaired) electrons. The summed E-state index contributed by atoms with van der Waals surface area (Å²) in [5.41, 5.74) is 0.369. The fraction of sp³-hybridized carbons (Fsp3) is 0.231. The number of aryl methyl sites for hydroxylation is 1. The molecule has 0 aliphatic heterocycles. The lowest BCUT2D eigenvalue weighted by molar-refractivity contribution is -0.122. The van der Waals surface area contributed by atoms with Crippen LogP contribution in [0.2, 0.25) is 0 Å². The highest BCUT2D eigenvalue weighted by Crippen LogP contribution is 2.13. The normalized spacial score (nSPS) is 10.7. The van der Waals surface area contributed by atoms with Gasteiger partial charge in [-0.25, -0.2) is 4.68 Å². The molecule has 118 valence electrons. The van der Waals surface area contributed by atoms with E-state index in [-0.39, 0.29) is 30.4 Å². The van der Waals surface area contributed by atoms with Crippen LogP contribution < -0.4 is 10.9 Å². The second kappa shape index (κ2) is 6.22. The molecule has 0 aliphatic rings. The zero-order valence-corrected chi connectivity index (χ0v) is 12.2. The van der Waals surface area contributed by atoms with E-state index in [0.29, 0.717) is 11.4 Å². The van der Waals surface area contributed by atoms with Gasteiger partial charge in [-0.1, -0.05) is 5.16 Å². The molecule has 0 spiro atoms. The van der Waals surface area contributed by atoms with Gasteiger partial charge in [0.2, 0.25) is 17.6 Å². The predicted octanol–water partition coefficient (Wildman–Crippen LogP) is -0.657. The molecule has 10 heteroatoms. The molecule has 1 N–H and O–H groups in total. The first kappa shape index (κ1) is 14.6. The Morgan fingerprint density at radius 1 is 1.39 bits per heavy atom. The van der Waals surface area contributed by atoms with Gasteiger partial charge in [-0.3, -0.25) is 14.3 Å². The third-order valence-electron chi connectivity index (χ3n) is 2.95. The van der Waals surface area contributed by atoms with Crippen LogP contribution in [0.15, 0.2) is 40.0 Å². The van der Waals surface area contributed by atoms with Gasteiger partial charge in [0, 0.05) is 25.5 Å². The number of nitrogens with one attached hydrogen (secondary N) is 1.